The van der Waals surface area contributed by atoms with E-state index in [0.29, 0.717) is 6.54 Å². The number of benzene rings is 2. The van der Waals surface area contributed by atoms with Crippen LogP contribution in [0.25, 0.3) is 5.69 Å². The Labute approximate surface area is 180 Å². The number of amides is 2. The quantitative estimate of drug-likeness (QED) is 0.663. The van der Waals surface area contributed by atoms with Crippen molar-refractivity contribution in [2.45, 2.75) is 31.8 Å². The minimum Gasteiger partial charge on any atom is -0.350 e. The van der Waals surface area contributed by atoms with Crippen LogP contribution in [0.3, 0.4) is 0 Å². The molecular weight excluding hydrogens is 396 g/mol. The summed E-state index contributed by atoms with van der Waals surface area (Å²) in [6.45, 7) is 4.41. The van der Waals surface area contributed by atoms with Gasteiger partial charge in [-0.3, -0.25) is 14.5 Å². The number of nitrogens with zero attached hydrogens (tertiary/aromatic N) is 3. The highest BCUT2D eigenvalue weighted by Crippen LogP contribution is 2.39. The van der Waals surface area contributed by atoms with E-state index in [0.717, 1.165) is 34.1 Å². The number of rotatable bonds is 6. The number of nitrogens with one attached hydrogen (secondary N) is 1. The van der Waals surface area contributed by atoms with Crippen LogP contribution in [0.2, 0.25) is 0 Å². The molecule has 1 aliphatic heterocycles. The molecule has 0 saturated heterocycles. The van der Waals surface area contributed by atoms with E-state index in [4.69, 9.17) is 0 Å². The van der Waals surface area contributed by atoms with Crippen LogP contribution in [0.15, 0.2) is 59.6 Å². The molecule has 7 heteroatoms. The highest BCUT2D eigenvalue weighted by molar-refractivity contribution is 8.00. The first-order valence-electron chi connectivity index (χ1n) is 9.99. The van der Waals surface area contributed by atoms with Gasteiger partial charge in [-0.25, -0.2) is 4.68 Å². The molecule has 0 radical (unpaired) electrons. The van der Waals surface area contributed by atoms with Crippen LogP contribution in [0.1, 0.15) is 23.7 Å². The molecule has 2 aromatic carbocycles. The second-order valence-corrected chi connectivity index (χ2v) is 8.17. The van der Waals surface area contributed by atoms with Gasteiger partial charge in [0, 0.05) is 6.54 Å². The van der Waals surface area contributed by atoms with E-state index in [-0.39, 0.29) is 24.1 Å². The van der Waals surface area contributed by atoms with Crippen molar-refractivity contribution in [3.63, 3.8) is 0 Å². The van der Waals surface area contributed by atoms with Crippen LogP contribution in [0.5, 0.6) is 0 Å². The lowest BCUT2D eigenvalue weighted by Gasteiger charge is -2.27. The van der Waals surface area contributed by atoms with Crippen molar-refractivity contribution in [3.05, 3.63) is 71.4 Å². The first kappa shape index (κ1) is 20.2. The maximum absolute atomic E-state index is 12.6. The number of carbonyl (C=O) groups excluding carboxylic acids is 2. The van der Waals surface area contributed by atoms with E-state index >= 15 is 0 Å². The average molecular weight is 421 g/mol. The van der Waals surface area contributed by atoms with Gasteiger partial charge in [0.1, 0.15) is 11.6 Å². The fraction of sp³-hybridized carbons (Fsp3) is 0.261. The third-order valence-corrected chi connectivity index (χ3v) is 6.15. The summed E-state index contributed by atoms with van der Waals surface area (Å²) in [4.78, 5) is 26.8. The Kier molecular flexibility index (Phi) is 5.90. The molecule has 3 aromatic rings. The lowest BCUT2D eigenvalue weighted by molar-refractivity contribution is -0.123. The van der Waals surface area contributed by atoms with Crippen molar-refractivity contribution in [1.82, 2.24) is 15.1 Å². The maximum Gasteiger partial charge on any atom is 0.240 e. The highest BCUT2D eigenvalue weighted by atomic mass is 32.2. The van der Waals surface area contributed by atoms with Crippen LogP contribution in [-0.4, -0.2) is 33.9 Å². The van der Waals surface area contributed by atoms with Gasteiger partial charge in [-0.1, -0.05) is 61.2 Å². The summed E-state index contributed by atoms with van der Waals surface area (Å²) in [5, 5.41) is 8.45. The van der Waals surface area contributed by atoms with Crippen LogP contribution in [-0.2, 0) is 22.6 Å². The molecule has 1 N–H and O–H groups in total. The summed E-state index contributed by atoms with van der Waals surface area (Å²) in [7, 11) is 0. The second-order valence-electron chi connectivity index (χ2n) is 7.20. The minimum atomic E-state index is -0.187. The lowest BCUT2D eigenvalue weighted by atomic mass is 10.1. The number of aromatic nitrogens is 2. The topological polar surface area (TPSA) is 67.2 Å². The minimum absolute atomic E-state index is 0.0131. The normalized spacial score (nSPS) is 13.3. The molecule has 0 bridgehead atoms. The average Bonchev–Trinajstić information content (AvgIpc) is 3.12. The third-order valence-electron chi connectivity index (χ3n) is 5.11. The van der Waals surface area contributed by atoms with Gasteiger partial charge < -0.3 is 5.32 Å². The summed E-state index contributed by atoms with van der Waals surface area (Å²) in [5.41, 5.74) is 4.69. The van der Waals surface area contributed by atoms with Crippen LogP contribution in [0.4, 0.5) is 5.69 Å². The molecule has 2 amide bonds. The summed E-state index contributed by atoms with van der Waals surface area (Å²) in [6.07, 6.45) is 0.986. The molecule has 2 heterocycles. The molecule has 0 unspecified atom stereocenters. The highest BCUT2D eigenvalue weighted by Gasteiger charge is 2.32. The van der Waals surface area contributed by atoms with Crippen molar-refractivity contribution in [1.29, 1.82) is 0 Å². The summed E-state index contributed by atoms with van der Waals surface area (Å²) in [6, 6.07) is 18.0. The molecule has 30 heavy (non-hydrogen) atoms. The van der Waals surface area contributed by atoms with Crippen LogP contribution < -0.4 is 10.2 Å². The number of hydrogen-bond donors (Lipinski definition) is 1. The van der Waals surface area contributed by atoms with Crippen molar-refractivity contribution in [2.24, 2.45) is 0 Å². The molecule has 0 saturated carbocycles. The predicted octanol–water partition coefficient (Wildman–Crippen LogP) is 3.50. The van der Waals surface area contributed by atoms with Crippen molar-refractivity contribution in [3.8, 4) is 5.69 Å². The number of para-hydroxylation sites is 1. The molecule has 1 aliphatic rings. The second kappa shape index (κ2) is 8.75. The number of aryl methyl sites for hydroxylation is 2. The smallest absolute Gasteiger partial charge is 0.240 e. The Hall–Kier alpha value is -3.06. The van der Waals surface area contributed by atoms with Gasteiger partial charge in [-0.05, 0) is 36.6 Å². The molecular formula is C23H24N4O2S. The monoisotopic (exact) mass is 420 g/mol. The Morgan fingerprint density at radius 3 is 2.50 bits per heavy atom. The van der Waals surface area contributed by atoms with Gasteiger partial charge in [0.05, 0.1) is 22.8 Å². The van der Waals surface area contributed by atoms with Gasteiger partial charge >= 0.3 is 0 Å². The predicted molar refractivity (Wildman–Crippen MR) is 119 cm³/mol. The lowest BCUT2D eigenvalue weighted by Crippen LogP contribution is -2.43. The van der Waals surface area contributed by atoms with Gasteiger partial charge in [0.2, 0.25) is 11.8 Å². The number of hydrogen-bond acceptors (Lipinski definition) is 4. The zero-order chi connectivity index (χ0) is 21.1. The zero-order valence-corrected chi connectivity index (χ0v) is 17.9. The molecule has 0 spiro atoms. The summed E-state index contributed by atoms with van der Waals surface area (Å²) >= 11 is 1.46. The zero-order valence-electron chi connectivity index (χ0n) is 17.1. The Morgan fingerprint density at radius 2 is 1.80 bits per heavy atom. The number of carbonyl (C=O) groups is 2. The maximum atomic E-state index is 12.6. The molecule has 4 rings (SSSR count). The molecule has 0 aliphatic carbocycles. The fourth-order valence-corrected chi connectivity index (χ4v) is 4.55. The van der Waals surface area contributed by atoms with E-state index in [1.54, 1.807) is 4.90 Å². The van der Waals surface area contributed by atoms with E-state index in [2.05, 4.69) is 29.5 Å². The van der Waals surface area contributed by atoms with E-state index in [1.807, 2.05) is 54.1 Å². The van der Waals surface area contributed by atoms with Gasteiger partial charge in [0.25, 0.3) is 0 Å². The Balaban J connectivity index is 1.50. The fourth-order valence-electron chi connectivity index (χ4n) is 3.48. The van der Waals surface area contributed by atoms with Crippen molar-refractivity contribution >= 4 is 29.3 Å². The summed E-state index contributed by atoms with van der Waals surface area (Å²) in [5.74, 6) is 0.0229. The Morgan fingerprint density at radius 1 is 1.10 bits per heavy atom. The molecule has 0 atom stereocenters. The van der Waals surface area contributed by atoms with Crippen LogP contribution in [0, 0.1) is 6.92 Å². The van der Waals surface area contributed by atoms with Gasteiger partial charge in [-0.15, -0.1) is 0 Å². The molecule has 154 valence electrons. The van der Waals surface area contributed by atoms with E-state index in [9.17, 15) is 9.59 Å². The molecule has 1 aromatic heterocycles. The first-order valence-corrected chi connectivity index (χ1v) is 11.0. The van der Waals surface area contributed by atoms with Gasteiger partial charge in [-0.2, -0.15) is 5.10 Å². The third kappa shape index (κ3) is 4.11. The van der Waals surface area contributed by atoms with Crippen LogP contribution >= 0.6 is 11.8 Å². The van der Waals surface area contributed by atoms with Crippen molar-refractivity contribution in [2.75, 3.05) is 17.2 Å². The SMILES string of the molecule is CCc1ccc(CNC(=O)CN2C(=O)CSc3c2c(C)nn3-c2ccccc2)cc1. The molecule has 6 nitrogen and oxygen atoms in total. The van der Waals surface area contributed by atoms with E-state index < -0.39 is 0 Å². The number of thioether (sulfide) groups is 1. The largest absolute Gasteiger partial charge is 0.350 e. The molecule has 0 fully saturated rings. The van der Waals surface area contributed by atoms with E-state index in [1.165, 1.54) is 17.3 Å². The number of anilines is 1. The van der Waals surface area contributed by atoms with Gasteiger partial charge in [0.15, 0.2) is 0 Å². The Bertz CT molecular complexity index is 1060. The number of fused-ring (bicyclic) bond motifs is 1. The standard InChI is InChI=1S/C23H24N4O2S/c1-3-17-9-11-18(12-10-17)13-24-20(28)14-26-21(29)15-30-23-22(26)16(2)25-27(23)19-7-5-4-6-8-19/h4-12H,3,13-15H2,1-2H3,(H,24,28). The van der Waals surface area contributed by atoms with Crippen molar-refractivity contribution < 1.29 is 9.59 Å². The summed E-state index contributed by atoms with van der Waals surface area (Å²) < 4.78 is 1.85. The first-order chi connectivity index (χ1) is 14.6.